The van der Waals surface area contributed by atoms with Crippen LogP contribution in [0.1, 0.15) is 52.9 Å². The second-order valence-electron chi connectivity index (χ2n) is 12.2. The zero-order valence-corrected chi connectivity index (χ0v) is 25.6. The van der Waals surface area contributed by atoms with Gasteiger partial charge in [-0.3, -0.25) is 0 Å². The van der Waals surface area contributed by atoms with Crippen LogP contribution in [0.15, 0.2) is 29.6 Å². The average molecular weight is 534 g/mol. The van der Waals surface area contributed by atoms with Gasteiger partial charge in [0.2, 0.25) is 0 Å². The first-order valence-electron chi connectivity index (χ1n) is 10.7. The van der Waals surface area contributed by atoms with Gasteiger partial charge in [-0.1, -0.05) is 0 Å². The minimum absolute atomic E-state index is 0.0920. The number of fused-ring (bicyclic) bond motifs is 2. The van der Waals surface area contributed by atoms with Crippen LogP contribution in [0.3, 0.4) is 0 Å². The molecule has 0 fully saturated rings. The summed E-state index contributed by atoms with van der Waals surface area (Å²) in [5.74, 6) is 0. The summed E-state index contributed by atoms with van der Waals surface area (Å²) in [6.45, 7) is 29.2. The molecule has 0 spiro atoms. The van der Waals surface area contributed by atoms with Crippen LogP contribution in [0.4, 0.5) is 0 Å². The number of rotatable bonds is 2. The second kappa shape index (κ2) is 8.19. The average Bonchev–Trinajstić information content (AvgIpc) is 2.48. The summed E-state index contributed by atoms with van der Waals surface area (Å²) < 4.78 is 5.82. The normalized spacial score (nSPS) is 20.7. The van der Waals surface area contributed by atoms with Gasteiger partial charge in [-0.2, -0.15) is 0 Å². The van der Waals surface area contributed by atoms with E-state index in [0.29, 0.717) is 0 Å². The van der Waals surface area contributed by atoms with Gasteiger partial charge in [0.15, 0.2) is 0 Å². The fourth-order valence-electron chi connectivity index (χ4n) is 3.37. The quantitative estimate of drug-likeness (QED) is 0.395. The van der Waals surface area contributed by atoms with Crippen molar-refractivity contribution >= 4 is 50.3 Å². The van der Waals surface area contributed by atoms with E-state index in [2.05, 4.69) is 117 Å². The van der Waals surface area contributed by atoms with Gasteiger partial charge in [-0.25, -0.2) is 0 Å². The van der Waals surface area contributed by atoms with E-state index in [1.807, 2.05) is 0 Å². The molecule has 0 unspecified atom stereocenters. The molecule has 2 radical (unpaired) electrons. The molecule has 6 heteroatoms. The van der Waals surface area contributed by atoms with Crippen molar-refractivity contribution in [3.8, 4) is 0 Å². The Morgan fingerprint density at radius 2 is 1.03 bits per heavy atom. The Morgan fingerprint density at radius 1 is 0.690 bits per heavy atom. The summed E-state index contributed by atoms with van der Waals surface area (Å²) >= 11 is -1.08. The first-order valence-corrected chi connectivity index (χ1v) is 20.1. The Labute approximate surface area is 192 Å². The molecule has 0 saturated heterocycles. The van der Waals surface area contributed by atoms with Crippen molar-refractivity contribution in [3.63, 3.8) is 0 Å². The fraction of sp³-hybridized carbons (Fsp3) is 0.609. The third-order valence-electron chi connectivity index (χ3n) is 4.92. The number of aromatic nitrogens is 1. The van der Waals surface area contributed by atoms with Crippen molar-refractivity contribution in [2.75, 3.05) is 0 Å². The fourth-order valence-corrected chi connectivity index (χ4v) is 16.8. The molecule has 2 heterocycles. The van der Waals surface area contributed by atoms with Gasteiger partial charge in [0.25, 0.3) is 0 Å². The molecule has 0 aromatic carbocycles. The zero-order chi connectivity index (χ0) is 22.4. The third kappa shape index (κ3) is 6.23. The summed E-state index contributed by atoms with van der Waals surface area (Å²) in [5, 5.41) is 0. The van der Waals surface area contributed by atoms with E-state index in [0.717, 1.165) is 11.4 Å². The molecule has 0 saturated carbocycles. The van der Waals surface area contributed by atoms with E-state index in [4.69, 9.17) is 4.98 Å². The maximum absolute atomic E-state index is 5.04. The summed E-state index contributed by atoms with van der Waals surface area (Å²) in [6.07, 6.45) is 4.75. The van der Waals surface area contributed by atoms with Crippen LogP contribution in [-0.4, -0.2) is 48.7 Å². The maximum atomic E-state index is 5.04. The molecule has 0 amide bonds. The number of hydrogen-bond acceptors (Lipinski definition) is 3. The monoisotopic (exact) mass is 535 g/mol. The van der Waals surface area contributed by atoms with Gasteiger partial charge in [-0.05, 0) is 0 Å². The molecule has 0 atom stereocenters. The van der Waals surface area contributed by atoms with Crippen LogP contribution in [0.25, 0.3) is 12.2 Å². The SMILES string of the molecule is CC(C)(C)/C1=C/c2cccc(n2)/C=C(/C(C)(C)C)[N]([Si](C)(C)C)[Sn][N]1[Si](C)(C)C. The molecule has 160 valence electrons. The summed E-state index contributed by atoms with van der Waals surface area (Å²) in [4.78, 5) is 5.04. The van der Waals surface area contributed by atoms with Gasteiger partial charge < -0.3 is 0 Å². The zero-order valence-electron chi connectivity index (χ0n) is 20.7. The van der Waals surface area contributed by atoms with E-state index < -0.39 is 38.2 Å². The molecule has 0 aliphatic carbocycles. The van der Waals surface area contributed by atoms with E-state index in [1.165, 1.54) is 11.4 Å². The van der Waals surface area contributed by atoms with E-state index in [9.17, 15) is 0 Å². The standard InChI is InChI=1S/C23H41N3Si2.Sn/c1-22(2,3)20(25-27(7,8)9)16-18-14-13-15-19(24-18)17-21(23(4,5)6)26-28(10,11)12;/h13-17H,1-12H3;/q-2;+2/b20-16-,21-17-;. The molecule has 1 aromatic rings. The van der Waals surface area contributed by atoms with E-state index in [-0.39, 0.29) is 10.8 Å². The molecular formula is C23H41N3Si2Sn. The summed E-state index contributed by atoms with van der Waals surface area (Å²) in [5.41, 5.74) is 5.31. The summed E-state index contributed by atoms with van der Waals surface area (Å²) in [7, 11) is -3.15. The van der Waals surface area contributed by atoms with Crippen molar-refractivity contribution < 1.29 is 0 Å². The molecule has 2 bridgehead atoms. The van der Waals surface area contributed by atoms with Crippen molar-refractivity contribution in [2.45, 2.75) is 80.8 Å². The van der Waals surface area contributed by atoms with Crippen molar-refractivity contribution in [3.05, 3.63) is 41.0 Å². The van der Waals surface area contributed by atoms with Crippen molar-refractivity contribution in [2.24, 2.45) is 10.8 Å². The minimum atomic E-state index is -1.57. The Morgan fingerprint density at radius 3 is 1.31 bits per heavy atom. The molecule has 1 aliphatic heterocycles. The van der Waals surface area contributed by atoms with E-state index >= 15 is 0 Å². The van der Waals surface area contributed by atoms with Gasteiger partial charge in [0, 0.05) is 0 Å². The van der Waals surface area contributed by atoms with Crippen LogP contribution < -0.4 is 0 Å². The predicted octanol–water partition coefficient (Wildman–Crippen LogP) is 6.68. The Balaban J connectivity index is 2.89. The molecule has 1 aliphatic rings. The van der Waals surface area contributed by atoms with Crippen molar-refractivity contribution in [1.29, 1.82) is 0 Å². The topological polar surface area (TPSA) is 19.4 Å². The van der Waals surface area contributed by atoms with Crippen molar-refractivity contribution in [1.82, 2.24) is 10.6 Å². The van der Waals surface area contributed by atoms with Gasteiger partial charge >= 0.3 is 194 Å². The first-order chi connectivity index (χ1) is 12.9. The predicted molar refractivity (Wildman–Crippen MR) is 135 cm³/mol. The van der Waals surface area contributed by atoms with E-state index in [1.54, 1.807) is 0 Å². The second-order valence-corrected chi connectivity index (χ2v) is 27.4. The first kappa shape index (κ1) is 24.7. The number of nitrogens with zero attached hydrogens (tertiary/aromatic N) is 3. The van der Waals surface area contributed by atoms with Crippen LogP contribution in [0, 0.1) is 10.8 Å². The third-order valence-corrected chi connectivity index (χ3v) is 23.4. The van der Waals surface area contributed by atoms with Crippen LogP contribution in [0.5, 0.6) is 0 Å². The number of pyridine rings is 1. The Hall–Kier alpha value is -0.538. The Bertz CT molecular complexity index is 740. The van der Waals surface area contributed by atoms with Gasteiger partial charge in [0.05, 0.1) is 0 Å². The van der Waals surface area contributed by atoms with Crippen LogP contribution in [-0.2, 0) is 0 Å². The van der Waals surface area contributed by atoms with Crippen LogP contribution >= 0.6 is 0 Å². The molecular weight excluding hydrogens is 493 g/mol. The summed E-state index contributed by atoms with van der Waals surface area (Å²) in [6, 6.07) is 6.47. The van der Waals surface area contributed by atoms with Gasteiger partial charge in [-0.15, -0.1) is 0 Å². The molecule has 29 heavy (non-hydrogen) atoms. The molecule has 3 nitrogen and oxygen atoms in total. The molecule has 2 rings (SSSR count). The Kier molecular flexibility index (Phi) is 6.98. The number of hydrogen-bond donors (Lipinski definition) is 0. The molecule has 1 aromatic heterocycles. The van der Waals surface area contributed by atoms with Gasteiger partial charge in [0.1, 0.15) is 0 Å². The number of allylic oxidation sites excluding steroid dienone is 2. The van der Waals surface area contributed by atoms with Crippen LogP contribution in [0.2, 0.25) is 39.3 Å². The molecule has 0 N–H and O–H groups in total.